The van der Waals surface area contributed by atoms with Crippen LogP contribution in [0.5, 0.6) is 0 Å². The van der Waals surface area contributed by atoms with E-state index in [0.29, 0.717) is 82.5 Å². The number of anilines is 2. The molecule has 0 saturated carbocycles. The van der Waals surface area contributed by atoms with E-state index in [1.54, 1.807) is 24.3 Å². The number of carbonyl (C=O) groups excluding carboxylic acids is 6. The first-order chi connectivity index (χ1) is 23.6. The van der Waals surface area contributed by atoms with Gasteiger partial charge >= 0.3 is 0 Å². The van der Waals surface area contributed by atoms with E-state index in [2.05, 4.69) is 21.3 Å². The van der Waals surface area contributed by atoms with Crippen LogP contribution in [0.1, 0.15) is 68.9 Å². The second kappa shape index (κ2) is 18.4. The van der Waals surface area contributed by atoms with Gasteiger partial charge in [-0.1, -0.05) is 30.7 Å². The Morgan fingerprint density at radius 1 is 0.592 bits per heavy atom. The standard InChI is InChI=1S/C35H48N8O6/c36-26-14-10-24(11-15-26)20-38-32(46)22-42-18-4-6-28(34(42)48)40-30(44)8-2-1-3-9-31(45)41-29-7-5-19-43(35(29)49)23-33(47)39-21-25-12-16-27(37)17-13-25/h10-17,28-29H,1-9,18-23,36-37H2,(H,38,46)(H,39,47)(H,40,44)(H,41,45). The highest BCUT2D eigenvalue weighted by Gasteiger charge is 2.32. The fourth-order valence-electron chi connectivity index (χ4n) is 5.87. The lowest BCUT2D eigenvalue weighted by molar-refractivity contribution is -0.141. The average Bonchev–Trinajstić information content (AvgIpc) is 3.07. The minimum atomic E-state index is -0.667. The molecule has 2 aromatic carbocycles. The Morgan fingerprint density at radius 2 is 0.980 bits per heavy atom. The number of likely N-dealkylation sites (tertiary alicyclic amines) is 2. The molecule has 2 aromatic rings. The number of nitrogens with zero attached hydrogens (tertiary/aromatic N) is 2. The molecule has 0 aromatic heterocycles. The molecule has 14 nitrogen and oxygen atoms in total. The third kappa shape index (κ3) is 12.1. The van der Waals surface area contributed by atoms with Crippen LogP contribution >= 0.6 is 0 Å². The molecule has 4 rings (SSSR count). The number of rotatable bonds is 16. The zero-order valence-corrected chi connectivity index (χ0v) is 27.9. The number of amides is 6. The average molecular weight is 677 g/mol. The summed E-state index contributed by atoms with van der Waals surface area (Å²) >= 11 is 0. The van der Waals surface area contributed by atoms with Crippen molar-refractivity contribution in [2.75, 3.05) is 37.6 Å². The van der Waals surface area contributed by atoms with Crippen molar-refractivity contribution in [3.05, 3.63) is 59.7 Å². The van der Waals surface area contributed by atoms with Gasteiger partial charge in [-0.2, -0.15) is 0 Å². The van der Waals surface area contributed by atoms with Crippen LogP contribution < -0.4 is 32.7 Å². The molecule has 2 atom stereocenters. The lowest BCUT2D eigenvalue weighted by atomic mass is 10.0. The molecule has 2 unspecified atom stereocenters. The van der Waals surface area contributed by atoms with E-state index in [-0.39, 0.29) is 61.4 Å². The summed E-state index contributed by atoms with van der Waals surface area (Å²) in [6, 6.07) is 13.0. The van der Waals surface area contributed by atoms with Crippen molar-refractivity contribution in [2.45, 2.75) is 83.0 Å². The van der Waals surface area contributed by atoms with E-state index in [9.17, 15) is 28.8 Å². The van der Waals surface area contributed by atoms with Crippen LogP contribution in [-0.2, 0) is 41.9 Å². The molecule has 0 aliphatic carbocycles. The molecule has 2 aliphatic heterocycles. The predicted octanol–water partition coefficient (Wildman–Crippen LogP) is 0.949. The summed E-state index contributed by atoms with van der Waals surface area (Å²) in [5, 5.41) is 11.2. The number of unbranched alkanes of at least 4 members (excludes halogenated alkanes) is 2. The van der Waals surface area contributed by atoms with E-state index in [1.165, 1.54) is 9.80 Å². The number of nitrogens with one attached hydrogen (secondary N) is 4. The van der Waals surface area contributed by atoms with Gasteiger partial charge in [0.15, 0.2) is 0 Å². The van der Waals surface area contributed by atoms with Gasteiger partial charge in [-0.15, -0.1) is 0 Å². The molecule has 2 saturated heterocycles. The SMILES string of the molecule is Nc1ccc(CNC(=O)CN2CCCC(NC(=O)CCCCCC(=O)NC3CCCN(CC(=O)NCc4ccc(N)cc4)C3=O)C2=O)cc1. The monoisotopic (exact) mass is 676 g/mol. The Hall–Kier alpha value is -5.14. The molecule has 0 spiro atoms. The number of nitrogen functional groups attached to an aromatic ring is 2. The first kappa shape index (κ1) is 36.7. The Morgan fingerprint density at radius 3 is 1.37 bits per heavy atom. The number of hydrogen-bond donors (Lipinski definition) is 6. The highest BCUT2D eigenvalue weighted by atomic mass is 16.2. The molecule has 8 N–H and O–H groups in total. The first-order valence-electron chi connectivity index (χ1n) is 17.0. The normalized spacial score (nSPS) is 17.7. The minimum Gasteiger partial charge on any atom is -0.399 e. The van der Waals surface area contributed by atoms with E-state index in [4.69, 9.17) is 11.5 Å². The summed E-state index contributed by atoms with van der Waals surface area (Å²) in [6.07, 6.45) is 4.51. The van der Waals surface area contributed by atoms with E-state index in [0.717, 1.165) is 11.1 Å². The van der Waals surface area contributed by atoms with Gasteiger partial charge in [0.05, 0.1) is 13.1 Å². The van der Waals surface area contributed by atoms with Crippen molar-refractivity contribution >= 4 is 46.8 Å². The first-order valence-corrected chi connectivity index (χ1v) is 17.0. The van der Waals surface area contributed by atoms with E-state index in [1.807, 2.05) is 24.3 Å². The van der Waals surface area contributed by atoms with Gasteiger partial charge < -0.3 is 42.5 Å². The van der Waals surface area contributed by atoms with Gasteiger partial charge in [0.1, 0.15) is 12.1 Å². The predicted molar refractivity (Wildman–Crippen MR) is 184 cm³/mol. The fraction of sp³-hybridized carbons (Fsp3) is 0.486. The van der Waals surface area contributed by atoms with Crippen molar-refractivity contribution in [3.8, 4) is 0 Å². The van der Waals surface area contributed by atoms with Crippen LogP contribution in [0.25, 0.3) is 0 Å². The molecule has 0 bridgehead atoms. The molecule has 2 heterocycles. The third-order valence-electron chi connectivity index (χ3n) is 8.65. The van der Waals surface area contributed by atoms with Crippen LogP contribution in [0.4, 0.5) is 11.4 Å². The quantitative estimate of drug-likeness (QED) is 0.111. The van der Waals surface area contributed by atoms with Gasteiger partial charge in [-0.05, 0) is 73.9 Å². The van der Waals surface area contributed by atoms with Gasteiger partial charge in [0, 0.05) is 50.4 Å². The lowest BCUT2D eigenvalue weighted by Crippen LogP contribution is -2.54. The van der Waals surface area contributed by atoms with Crippen molar-refractivity contribution in [1.29, 1.82) is 0 Å². The zero-order chi connectivity index (χ0) is 35.2. The molecular weight excluding hydrogens is 628 g/mol. The summed E-state index contributed by atoms with van der Waals surface area (Å²) in [6.45, 7) is 1.41. The van der Waals surface area contributed by atoms with Crippen molar-refractivity contribution in [2.24, 2.45) is 0 Å². The van der Waals surface area contributed by atoms with E-state index >= 15 is 0 Å². The van der Waals surface area contributed by atoms with Gasteiger partial charge in [-0.25, -0.2) is 0 Å². The van der Waals surface area contributed by atoms with Crippen LogP contribution in [0, 0.1) is 0 Å². The van der Waals surface area contributed by atoms with Gasteiger partial charge in [-0.3, -0.25) is 28.8 Å². The number of piperidine rings is 2. The van der Waals surface area contributed by atoms with Gasteiger partial charge in [0.25, 0.3) is 0 Å². The van der Waals surface area contributed by atoms with Gasteiger partial charge in [0.2, 0.25) is 35.4 Å². The maximum Gasteiger partial charge on any atom is 0.245 e. The molecule has 6 amide bonds. The van der Waals surface area contributed by atoms with Crippen LogP contribution in [-0.4, -0.2) is 83.5 Å². The third-order valence-corrected chi connectivity index (χ3v) is 8.65. The second-order valence-electron chi connectivity index (χ2n) is 12.6. The molecule has 2 aliphatic rings. The smallest absolute Gasteiger partial charge is 0.245 e. The van der Waals surface area contributed by atoms with Crippen molar-refractivity contribution in [3.63, 3.8) is 0 Å². The lowest BCUT2D eigenvalue weighted by Gasteiger charge is -2.32. The van der Waals surface area contributed by atoms with Crippen LogP contribution in [0.3, 0.4) is 0 Å². The Labute approximate surface area is 286 Å². The molecule has 49 heavy (non-hydrogen) atoms. The minimum absolute atomic E-state index is 0.0760. The topological polar surface area (TPSA) is 209 Å². The summed E-state index contributed by atoms with van der Waals surface area (Å²) in [5.41, 5.74) is 14.4. The van der Waals surface area contributed by atoms with Crippen LogP contribution in [0.2, 0.25) is 0 Å². The molecular formula is C35H48N8O6. The maximum atomic E-state index is 12.9. The molecule has 2 fully saturated rings. The number of hydrogen-bond acceptors (Lipinski definition) is 8. The second-order valence-corrected chi connectivity index (χ2v) is 12.6. The van der Waals surface area contributed by atoms with E-state index < -0.39 is 12.1 Å². The zero-order valence-electron chi connectivity index (χ0n) is 27.9. The molecule has 264 valence electrons. The highest BCUT2D eigenvalue weighted by Crippen LogP contribution is 2.15. The maximum absolute atomic E-state index is 12.9. The fourth-order valence-corrected chi connectivity index (χ4v) is 5.87. The largest absolute Gasteiger partial charge is 0.399 e. The highest BCUT2D eigenvalue weighted by molar-refractivity contribution is 5.92. The summed E-state index contributed by atoms with van der Waals surface area (Å²) < 4.78 is 0. The Balaban J connectivity index is 1.07. The Bertz CT molecular complexity index is 1360. The number of benzene rings is 2. The molecule has 14 heteroatoms. The van der Waals surface area contributed by atoms with Crippen molar-refractivity contribution < 1.29 is 28.8 Å². The van der Waals surface area contributed by atoms with Crippen molar-refractivity contribution in [1.82, 2.24) is 31.1 Å². The Kier molecular flexibility index (Phi) is 13.8. The summed E-state index contributed by atoms with van der Waals surface area (Å²) in [4.78, 5) is 78.8. The summed E-state index contributed by atoms with van der Waals surface area (Å²) in [5.74, 6) is -1.59. The van der Waals surface area contributed by atoms with Crippen LogP contribution in [0.15, 0.2) is 48.5 Å². The summed E-state index contributed by atoms with van der Waals surface area (Å²) in [7, 11) is 0. The number of carbonyl (C=O) groups is 6. The number of nitrogens with two attached hydrogens (primary N) is 2. The molecule has 0 radical (unpaired) electrons.